The zero-order chi connectivity index (χ0) is 24.2. The summed E-state index contributed by atoms with van der Waals surface area (Å²) in [5.41, 5.74) is 5.22. The zero-order valence-corrected chi connectivity index (χ0v) is 19.8. The van der Waals surface area contributed by atoms with Gasteiger partial charge in [-0.05, 0) is 47.0 Å². The van der Waals surface area contributed by atoms with E-state index in [2.05, 4.69) is 22.4 Å². The average Bonchev–Trinajstić information content (AvgIpc) is 3.54. The predicted molar refractivity (Wildman–Crippen MR) is 137 cm³/mol. The first kappa shape index (κ1) is 22.6. The third-order valence-electron chi connectivity index (χ3n) is 6.43. The summed E-state index contributed by atoms with van der Waals surface area (Å²) < 4.78 is 16.8. The van der Waals surface area contributed by atoms with Gasteiger partial charge in [0.2, 0.25) is 5.91 Å². The third kappa shape index (κ3) is 4.60. The molecule has 2 N–H and O–H groups in total. The molecule has 6 nitrogen and oxygen atoms in total. The van der Waals surface area contributed by atoms with Gasteiger partial charge in [-0.3, -0.25) is 4.79 Å². The Balaban J connectivity index is 1.41. The van der Waals surface area contributed by atoms with Gasteiger partial charge in [0.15, 0.2) is 11.5 Å². The molecule has 1 aromatic heterocycles. The second-order valence-corrected chi connectivity index (χ2v) is 8.47. The Morgan fingerprint density at radius 2 is 1.97 bits per heavy atom. The molecule has 1 aliphatic rings. The van der Waals surface area contributed by atoms with Crippen LogP contribution < -0.4 is 19.5 Å². The molecule has 0 bridgehead atoms. The molecule has 0 spiro atoms. The van der Waals surface area contributed by atoms with Gasteiger partial charge in [0.25, 0.3) is 0 Å². The summed E-state index contributed by atoms with van der Waals surface area (Å²) in [6, 6.07) is 20.0. The molecule has 1 atom stereocenters. The van der Waals surface area contributed by atoms with Crippen molar-refractivity contribution in [2.75, 3.05) is 27.4 Å². The lowest BCUT2D eigenvalue weighted by Gasteiger charge is -2.21. The summed E-state index contributed by atoms with van der Waals surface area (Å²) >= 11 is 0. The molecule has 6 heteroatoms. The highest BCUT2D eigenvalue weighted by atomic mass is 16.5. The fraction of sp³-hybridized carbons (Fsp3) is 0.207. The molecule has 0 radical (unpaired) electrons. The second-order valence-electron chi connectivity index (χ2n) is 8.47. The van der Waals surface area contributed by atoms with E-state index in [-0.39, 0.29) is 11.8 Å². The number of ether oxygens (including phenoxy) is 3. The monoisotopic (exact) mass is 468 g/mol. The maximum absolute atomic E-state index is 12.8. The second kappa shape index (κ2) is 9.97. The van der Waals surface area contributed by atoms with E-state index in [1.54, 1.807) is 20.3 Å². The van der Waals surface area contributed by atoms with Crippen molar-refractivity contribution in [3.05, 3.63) is 95.2 Å². The minimum Gasteiger partial charge on any atom is -0.493 e. The Hall–Kier alpha value is -4.19. The van der Waals surface area contributed by atoms with Crippen LogP contribution in [0.1, 0.15) is 28.2 Å². The number of aromatic amines is 1. The largest absolute Gasteiger partial charge is 0.493 e. The summed E-state index contributed by atoms with van der Waals surface area (Å²) in [6.07, 6.45) is 6.31. The van der Waals surface area contributed by atoms with Gasteiger partial charge in [-0.25, -0.2) is 0 Å². The maximum atomic E-state index is 12.8. The molecule has 0 saturated heterocycles. The van der Waals surface area contributed by atoms with Crippen LogP contribution >= 0.6 is 0 Å². The van der Waals surface area contributed by atoms with Gasteiger partial charge in [0.1, 0.15) is 5.75 Å². The number of H-pyrrole nitrogens is 1. The van der Waals surface area contributed by atoms with E-state index in [0.717, 1.165) is 39.8 Å². The van der Waals surface area contributed by atoms with Crippen molar-refractivity contribution in [1.82, 2.24) is 10.3 Å². The first-order valence-corrected chi connectivity index (χ1v) is 11.7. The van der Waals surface area contributed by atoms with Crippen molar-refractivity contribution in [2.45, 2.75) is 12.3 Å². The van der Waals surface area contributed by atoms with E-state index < -0.39 is 0 Å². The topological polar surface area (TPSA) is 72.6 Å². The number of amides is 1. The normalized spacial score (nSPS) is 13.4. The molecule has 178 valence electrons. The summed E-state index contributed by atoms with van der Waals surface area (Å²) in [4.78, 5) is 16.2. The van der Waals surface area contributed by atoms with E-state index in [9.17, 15) is 4.79 Å². The number of methoxy groups -OCH3 is 2. The number of aromatic nitrogens is 1. The molecular weight excluding hydrogens is 440 g/mol. The van der Waals surface area contributed by atoms with Crippen molar-refractivity contribution in [2.24, 2.45) is 0 Å². The van der Waals surface area contributed by atoms with Gasteiger partial charge in [-0.2, -0.15) is 0 Å². The van der Waals surface area contributed by atoms with Crippen LogP contribution in [0.5, 0.6) is 17.2 Å². The van der Waals surface area contributed by atoms with Gasteiger partial charge in [0.05, 0.1) is 20.8 Å². The van der Waals surface area contributed by atoms with Crippen LogP contribution in [0.25, 0.3) is 17.0 Å². The van der Waals surface area contributed by atoms with Crippen LogP contribution in [0.3, 0.4) is 0 Å². The number of carbonyl (C=O) groups is 1. The summed E-state index contributed by atoms with van der Waals surface area (Å²) in [5, 5.41) is 4.19. The number of hydrogen-bond acceptors (Lipinski definition) is 4. The zero-order valence-electron chi connectivity index (χ0n) is 19.8. The molecule has 2 heterocycles. The van der Waals surface area contributed by atoms with Crippen molar-refractivity contribution in [1.29, 1.82) is 0 Å². The van der Waals surface area contributed by atoms with E-state index in [0.29, 0.717) is 24.7 Å². The Labute approximate surface area is 204 Å². The van der Waals surface area contributed by atoms with Crippen molar-refractivity contribution in [3.63, 3.8) is 0 Å². The average molecular weight is 469 g/mol. The summed E-state index contributed by atoms with van der Waals surface area (Å²) in [6.45, 7) is 1.11. The van der Waals surface area contributed by atoms with E-state index in [1.807, 2.05) is 60.8 Å². The van der Waals surface area contributed by atoms with E-state index in [4.69, 9.17) is 14.2 Å². The lowest BCUT2D eigenvalue weighted by molar-refractivity contribution is -0.116. The van der Waals surface area contributed by atoms with Crippen molar-refractivity contribution in [3.8, 4) is 17.2 Å². The van der Waals surface area contributed by atoms with E-state index in [1.165, 1.54) is 5.56 Å². The highest BCUT2D eigenvalue weighted by molar-refractivity contribution is 5.92. The van der Waals surface area contributed by atoms with Gasteiger partial charge >= 0.3 is 0 Å². The van der Waals surface area contributed by atoms with Gasteiger partial charge in [-0.15, -0.1) is 0 Å². The Morgan fingerprint density at radius 3 is 2.83 bits per heavy atom. The van der Waals surface area contributed by atoms with Crippen LogP contribution in [0, 0.1) is 0 Å². The number of hydrogen-bond donors (Lipinski definition) is 2. The molecule has 1 unspecified atom stereocenters. The number of benzene rings is 3. The van der Waals surface area contributed by atoms with Crippen LogP contribution in [0.2, 0.25) is 0 Å². The molecule has 0 fully saturated rings. The summed E-state index contributed by atoms with van der Waals surface area (Å²) in [5.74, 6) is 1.94. The van der Waals surface area contributed by atoms with Crippen molar-refractivity contribution < 1.29 is 19.0 Å². The van der Waals surface area contributed by atoms with Crippen LogP contribution in [-0.2, 0) is 11.2 Å². The molecule has 4 aromatic rings. The standard InChI is InChI=1S/C29H28N2O4/c1-33-27-9-5-7-22(29(27)34-2)24(23-17-30-25-8-4-3-6-21(23)25)18-31-28(32)13-11-19-10-12-26-20(16-19)14-15-35-26/h3-13,16-17,24,30H,14-15,18H2,1-2H3,(H,31,32)/b13-11+. The molecular formula is C29H28N2O4. The maximum Gasteiger partial charge on any atom is 0.244 e. The molecule has 35 heavy (non-hydrogen) atoms. The van der Waals surface area contributed by atoms with Crippen LogP contribution in [-0.4, -0.2) is 38.3 Å². The third-order valence-corrected chi connectivity index (χ3v) is 6.43. The Bertz CT molecular complexity index is 1390. The molecule has 3 aromatic carbocycles. The molecule has 0 saturated carbocycles. The number of para-hydroxylation sites is 2. The quantitative estimate of drug-likeness (QED) is 0.354. The van der Waals surface area contributed by atoms with Crippen LogP contribution in [0.15, 0.2) is 72.9 Å². The lowest BCUT2D eigenvalue weighted by atomic mass is 9.89. The number of carbonyl (C=O) groups excluding carboxylic acids is 1. The lowest BCUT2D eigenvalue weighted by Crippen LogP contribution is -2.27. The fourth-order valence-electron chi connectivity index (χ4n) is 4.70. The highest BCUT2D eigenvalue weighted by Gasteiger charge is 2.24. The minimum atomic E-state index is -0.159. The Kier molecular flexibility index (Phi) is 6.44. The first-order chi connectivity index (χ1) is 17.2. The van der Waals surface area contributed by atoms with Gasteiger partial charge in [-0.1, -0.05) is 36.4 Å². The van der Waals surface area contributed by atoms with Gasteiger partial charge < -0.3 is 24.5 Å². The minimum absolute atomic E-state index is 0.148. The Morgan fingerprint density at radius 1 is 1.09 bits per heavy atom. The van der Waals surface area contributed by atoms with Crippen molar-refractivity contribution >= 4 is 22.9 Å². The highest BCUT2D eigenvalue weighted by Crippen LogP contribution is 2.40. The van der Waals surface area contributed by atoms with Crippen LogP contribution in [0.4, 0.5) is 0 Å². The van der Waals surface area contributed by atoms with Gasteiger partial charge in [0, 0.05) is 47.6 Å². The van der Waals surface area contributed by atoms with E-state index >= 15 is 0 Å². The number of fused-ring (bicyclic) bond motifs is 2. The molecule has 1 amide bonds. The fourth-order valence-corrected chi connectivity index (χ4v) is 4.70. The smallest absolute Gasteiger partial charge is 0.244 e. The first-order valence-electron chi connectivity index (χ1n) is 11.7. The summed E-state index contributed by atoms with van der Waals surface area (Å²) in [7, 11) is 3.26. The number of rotatable bonds is 8. The molecule has 0 aliphatic carbocycles. The number of nitrogens with one attached hydrogen (secondary N) is 2. The molecule has 1 aliphatic heterocycles. The molecule has 5 rings (SSSR count). The predicted octanol–water partition coefficient (Wildman–Crippen LogP) is 5.08. The SMILES string of the molecule is COc1cccc(C(CNC(=O)/C=C/c2ccc3c(c2)CCO3)c2c[nH]c3ccccc23)c1OC.